The lowest BCUT2D eigenvalue weighted by Gasteiger charge is -2.14. The molecule has 8 heteroatoms. The molecule has 2 amide bonds. The van der Waals surface area contributed by atoms with Crippen LogP contribution in [0.4, 0.5) is 0 Å². The number of pyridine rings is 2. The summed E-state index contributed by atoms with van der Waals surface area (Å²) in [5, 5.41) is 19.4. The topological polar surface area (TPSA) is 101 Å². The van der Waals surface area contributed by atoms with E-state index in [0.29, 0.717) is 33.8 Å². The summed E-state index contributed by atoms with van der Waals surface area (Å²) in [6.45, 7) is 0.146. The molecule has 2 aromatic carbocycles. The number of hydrogen-bond donors (Lipinski definition) is 1. The monoisotopic (exact) mass is 421 g/mol. The Kier molecular flexibility index (Phi) is 3.82. The molecular weight excluding hydrogens is 406 g/mol. The van der Waals surface area contributed by atoms with Crippen LogP contribution in [0, 0.1) is 0 Å². The van der Waals surface area contributed by atoms with Crippen LogP contribution in [0.3, 0.4) is 0 Å². The van der Waals surface area contributed by atoms with E-state index >= 15 is 0 Å². The van der Waals surface area contributed by atoms with Gasteiger partial charge in [0.2, 0.25) is 0 Å². The fourth-order valence-electron chi connectivity index (χ4n) is 4.03. The summed E-state index contributed by atoms with van der Waals surface area (Å²) in [7, 11) is 0. The van der Waals surface area contributed by atoms with Crippen molar-refractivity contribution in [1.29, 1.82) is 0 Å². The third-order valence-electron chi connectivity index (χ3n) is 5.62. The molecule has 6 rings (SSSR count). The Balaban J connectivity index is 1.34. The molecule has 1 N–H and O–H groups in total. The molecule has 0 fully saturated rings. The molecule has 8 nitrogen and oxygen atoms in total. The molecule has 0 aliphatic carbocycles. The van der Waals surface area contributed by atoms with Crippen LogP contribution in [-0.2, 0) is 6.54 Å². The summed E-state index contributed by atoms with van der Waals surface area (Å²) >= 11 is 0. The van der Waals surface area contributed by atoms with Crippen LogP contribution in [0.15, 0.2) is 72.9 Å². The van der Waals surface area contributed by atoms with Gasteiger partial charge >= 0.3 is 0 Å². The van der Waals surface area contributed by atoms with Gasteiger partial charge in [-0.1, -0.05) is 30.3 Å². The summed E-state index contributed by atoms with van der Waals surface area (Å²) in [6.07, 6.45) is 1.79. The van der Waals surface area contributed by atoms with Crippen molar-refractivity contribution >= 4 is 28.4 Å². The van der Waals surface area contributed by atoms with Gasteiger partial charge in [0, 0.05) is 11.6 Å². The van der Waals surface area contributed by atoms with Crippen LogP contribution in [0.25, 0.3) is 28.1 Å². The summed E-state index contributed by atoms with van der Waals surface area (Å²) in [4.78, 5) is 31.1. The maximum absolute atomic E-state index is 12.6. The number of nitrogens with zero attached hydrogens (tertiary/aromatic N) is 5. The number of amides is 2. The standard InChI is InChI=1S/C24H15N5O3/c30-19-7-3-4-15-8-9-18(25-21(15)19)22-27-26-20-12-14(10-11-28(20)22)13-29-23(31)16-5-1-2-6-17(16)24(29)32/h1-12,30H,13H2. The number of carbonyl (C=O) groups is 2. The van der Waals surface area contributed by atoms with Crippen molar-refractivity contribution in [2.24, 2.45) is 0 Å². The molecule has 0 unspecified atom stereocenters. The van der Waals surface area contributed by atoms with E-state index in [9.17, 15) is 14.7 Å². The van der Waals surface area contributed by atoms with Crippen LogP contribution in [0.1, 0.15) is 26.3 Å². The van der Waals surface area contributed by atoms with E-state index in [0.717, 1.165) is 10.9 Å². The van der Waals surface area contributed by atoms with Crippen molar-refractivity contribution in [1.82, 2.24) is 24.5 Å². The minimum atomic E-state index is -0.298. The summed E-state index contributed by atoms with van der Waals surface area (Å²) in [5.41, 5.74) is 3.23. The van der Waals surface area contributed by atoms with Gasteiger partial charge in [-0.3, -0.25) is 18.9 Å². The van der Waals surface area contributed by atoms with Crippen LogP contribution >= 0.6 is 0 Å². The third kappa shape index (κ3) is 2.66. The SMILES string of the molecule is O=C1c2ccccc2C(=O)N1Cc1ccn2c(-c3ccc4cccc(O)c4n3)nnc2c1. The number of rotatable bonds is 3. The second-order valence-corrected chi connectivity index (χ2v) is 7.57. The number of fused-ring (bicyclic) bond motifs is 3. The fraction of sp³-hybridized carbons (Fsp3) is 0.0417. The average Bonchev–Trinajstić information content (AvgIpc) is 3.34. The van der Waals surface area contributed by atoms with Crippen molar-refractivity contribution in [2.45, 2.75) is 6.54 Å². The lowest BCUT2D eigenvalue weighted by Crippen LogP contribution is -2.29. The zero-order chi connectivity index (χ0) is 21.8. The first-order valence-electron chi connectivity index (χ1n) is 9.98. The number of imide groups is 1. The Labute approximate surface area is 181 Å². The van der Waals surface area contributed by atoms with Gasteiger partial charge in [-0.05, 0) is 42.0 Å². The first-order valence-corrected chi connectivity index (χ1v) is 9.98. The Morgan fingerprint density at radius 2 is 1.62 bits per heavy atom. The van der Waals surface area contributed by atoms with Gasteiger partial charge in [0.05, 0.1) is 17.7 Å². The van der Waals surface area contributed by atoms with Crippen molar-refractivity contribution in [3.63, 3.8) is 0 Å². The smallest absolute Gasteiger partial charge is 0.261 e. The summed E-state index contributed by atoms with van der Waals surface area (Å²) in [6, 6.07) is 19.4. The van der Waals surface area contributed by atoms with Gasteiger partial charge in [0.25, 0.3) is 11.8 Å². The van der Waals surface area contributed by atoms with E-state index in [4.69, 9.17) is 0 Å². The molecule has 0 saturated carbocycles. The number of phenols is 1. The molecule has 0 atom stereocenters. The zero-order valence-corrected chi connectivity index (χ0v) is 16.6. The van der Waals surface area contributed by atoms with Gasteiger partial charge in [0.1, 0.15) is 17.0 Å². The lowest BCUT2D eigenvalue weighted by atomic mass is 10.1. The largest absolute Gasteiger partial charge is 0.506 e. The molecule has 154 valence electrons. The second kappa shape index (κ2) is 6.71. The Hall–Kier alpha value is -4.59. The normalized spacial score (nSPS) is 13.3. The van der Waals surface area contributed by atoms with Crippen LogP contribution in [0.2, 0.25) is 0 Å². The number of para-hydroxylation sites is 1. The predicted molar refractivity (Wildman–Crippen MR) is 116 cm³/mol. The summed E-state index contributed by atoms with van der Waals surface area (Å²) in [5.74, 6) is 0.0273. The van der Waals surface area contributed by atoms with E-state index in [1.54, 1.807) is 53.1 Å². The quantitative estimate of drug-likeness (QED) is 0.448. The first-order chi connectivity index (χ1) is 15.6. The molecule has 4 heterocycles. The number of phenolic OH excluding ortho intramolecular Hbond substituents is 1. The van der Waals surface area contributed by atoms with Crippen molar-refractivity contribution in [2.75, 3.05) is 0 Å². The molecule has 0 saturated heterocycles. The molecule has 32 heavy (non-hydrogen) atoms. The van der Waals surface area contributed by atoms with Gasteiger partial charge in [-0.25, -0.2) is 4.98 Å². The van der Waals surface area contributed by atoms with Gasteiger partial charge in [-0.15, -0.1) is 10.2 Å². The van der Waals surface area contributed by atoms with Crippen LogP contribution < -0.4 is 0 Å². The average molecular weight is 421 g/mol. The van der Waals surface area contributed by atoms with Crippen molar-refractivity contribution in [3.8, 4) is 17.3 Å². The zero-order valence-electron chi connectivity index (χ0n) is 16.6. The van der Waals surface area contributed by atoms with E-state index in [-0.39, 0.29) is 24.1 Å². The number of aromatic nitrogens is 4. The Morgan fingerprint density at radius 3 is 2.41 bits per heavy atom. The molecule has 0 spiro atoms. The van der Waals surface area contributed by atoms with Gasteiger partial charge in [-0.2, -0.15) is 0 Å². The minimum absolute atomic E-state index is 0.0985. The number of carbonyl (C=O) groups excluding carboxylic acids is 2. The highest BCUT2D eigenvalue weighted by Gasteiger charge is 2.35. The lowest BCUT2D eigenvalue weighted by molar-refractivity contribution is 0.0642. The summed E-state index contributed by atoms with van der Waals surface area (Å²) < 4.78 is 1.78. The molecule has 5 aromatic rings. The first kappa shape index (κ1) is 18.2. The number of aromatic hydroxyl groups is 1. The predicted octanol–water partition coefficient (Wildman–Crippen LogP) is 3.45. The van der Waals surface area contributed by atoms with E-state index in [1.807, 2.05) is 24.3 Å². The van der Waals surface area contributed by atoms with Crippen molar-refractivity contribution < 1.29 is 14.7 Å². The molecule has 3 aromatic heterocycles. The maximum Gasteiger partial charge on any atom is 0.261 e. The third-order valence-corrected chi connectivity index (χ3v) is 5.62. The van der Waals surface area contributed by atoms with E-state index in [1.165, 1.54) is 4.90 Å². The molecule has 0 bridgehead atoms. The fourth-order valence-corrected chi connectivity index (χ4v) is 4.03. The highest BCUT2D eigenvalue weighted by Crippen LogP contribution is 2.27. The van der Waals surface area contributed by atoms with Gasteiger partial charge < -0.3 is 5.11 Å². The van der Waals surface area contributed by atoms with Gasteiger partial charge in [0.15, 0.2) is 11.5 Å². The molecule has 1 aliphatic rings. The Bertz CT molecular complexity index is 1540. The molecule has 0 radical (unpaired) electrons. The molecule has 1 aliphatic heterocycles. The van der Waals surface area contributed by atoms with Crippen LogP contribution in [0.5, 0.6) is 5.75 Å². The highest BCUT2D eigenvalue weighted by molar-refractivity contribution is 6.21. The minimum Gasteiger partial charge on any atom is -0.506 e. The Morgan fingerprint density at radius 1 is 0.844 bits per heavy atom. The number of benzene rings is 2. The molecular formula is C24H15N5O3. The van der Waals surface area contributed by atoms with Crippen LogP contribution in [-0.4, -0.2) is 41.4 Å². The van der Waals surface area contributed by atoms with E-state index < -0.39 is 0 Å². The van der Waals surface area contributed by atoms with Crippen molar-refractivity contribution in [3.05, 3.63) is 89.6 Å². The maximum atomic E-state index is 12.6. The number of hydrogen-bond acceptors (Lipinski definition) is 6. The second-order valence-electron chi connectivity index (χ2n) is 7.57. The highest BCUT2D eigenvalue weighted by atomic mass is 16.3. The van der Waals surface area contributed by atoms with E-state index in [2.05, 4.69) is 15.2 Å².